The number of carboxylic acids is 2. The fourth-order valence-electron chi connectivity index (χ4n) is 7.53. The molecule has 28 heteroatoms. The molecule has 3 rings (SSSR count). The summed E-state index contributed by atoms with van der Waals surface area (Å²) < 4.78 is 35.3. The number of aliphatic hydroxyl groups is 6. The van der Waals surface area contributed by atoms with Crippen LogP contribution in [0.3, 0.4) is 0 Å². The second-order valence-corrected chi connectivity index (χ2v) is 15.4. The maximum Gasteiger partial charge on any atom is 0.335 e. The van der Waals surface area contributed by atoms with Crippen molar-refractivity contribution in [1.29, 1.82) is 0 Å². The minimum Gasteiger partial charge on any atom is -0.479 e. The van der Waals surface area contributed by atoms with Gasteiger partial charge in [0.1, 0.15) is 60.9 Å². The van der Waals surface area contributed by atoms with Crippen LogP contribution in [0.1, 0.15) is 48.5 Å². The third kappa shape index (κ3) is 13.7. The number of carboxylic acid groups (broad SMARTS) is 2. The first-order valence-electron chi connectivity index (χ1n) is 19.8. The van der Waals surface area contributed by atoms with Gasteiger partial charge in [0.05, 0.1) is 37.4 Å². The van der Waals surface area contributed by atoms with Gasteiger partial charge in [-0.05, 0) is 6.92 Å². The number of rotatable bonds is 19. The Kier molecular flexibility index (Phi) is 19.7. The predicted octanol–water partition coefficient (Wildman–Crippen LogP) is -8.04. The molecule has 0 spiro atoms. The van der Waals surface area contributed by atoms with E-state index in [1.54, 1.807) is 0 Å². The van der Waals surface area contributed by atoms with Gasteiger partial charge in [0.15, 0.2) is 31.1 Å². The first kappa shape index (κ1) is 53.6. The average molecular weight is 927 g/mol. The largest absolute Gasteiger partial charge is 0.479 e. The van der Waals surface area contributed by atoms with Gasteiger partial charge in [-0.3, -0.25) is 28.8 Å². The molecular weight excluding hydrogens is 868 g/mol. The van der Waals surface area contributed by atoms with Crippen molar-refractivity contribution in [2.45, 2.75) is 165 Å². The van der Waals surface area contributed by atoms with Crippen molar-refractivity contribution in [3.63, 3.8) is 0 Å². The van der Waals surface area contributed by atoms with Crippen LogP contribution in [0.2, 0.25) is 0 Å². The van der Waals surface area contributed by atoms with Gasteiger partial charge in [-0.2, -0.15) is 0 Å². The Morgan fingerprint density at radius 1 is 0.562 bits per heavy atom. The van der Waals surface area contributed by atoms with Gasteiger partial charge in [0.25, 0.3) is 0 Å². The van der Waals surface area contributed by atoms with Crippen LogP contribution in [0.15, 0.2) is 0 Å². The van der Waals surface area contributed by atoms with Gasteiger partial charge in [-0.1, -0.05) is 0 Å². The summed E-state index contributed by atoms with van der Waals surface area (Å²) in [5.41, 5.74) is 0. The Labute approximate surface area is 364 Å². The number of carbonyl (C=O) groups excluding carboxylic acids is 6. The number of ether oxygens (including phenoxy) is 6. The normalized spacial score (nSPS) is 34.7. The highest BCUT2D eigenvalue weighted by atomic mass is 16.7. The van der Waals surface area contributed by atoms with Crippen LogP contribution >= 0.6 is 0 Å². The summed E-state index contributed by atoms with van der Waals surface area (Å²) in [6.07, 6.45) is -25.3. The van der Waals surface area contributed by atoms with Gasteiger partial charge in [-0.15, -0.1) is 0 Å². The zero-order valence-corrected chi connectivity index (χ0v) is 35.7. The molecule has 64 heavy (non-hydrogen) atoms. The van der Waals surface area contributed by atoms with Crippen molar-refractivity contribution in [1.82, 2.24) is 31.9 Å². The predicted molar refractivity (Wildman–Crippen MR) is 205 cm³/mol. The van der Waals surface area contributed by atoms with Crippen molar-refractivity contribution in [3.05, 3.63) is 0 Å². The maximum absolute atomic E-state index is 13.0. The smallest absolute Gasteiger partial charge is 0.335 e. The van der Waals surface area contributed by atoms with Crippen LogP contribution in [-0.4, -0.2) is 218 Å². The molecule has 0 aromatic rings. The number of hydrogen-bond acceptors (Lipinski definition) is 20. The van der Waals surface area contributed by atoms with Crippen molar-refractivity contribution in [2.75, 3.05) is 13.2 Å². The molecule has 3 heterocycles. The van der Waals surface area contributed by atoms with E-state index in [2.05, 4.69) is 31.9 Å². The standard InChI is InChI=1S/C36H58N6O22/c1-10(45)24(52)27(17(8-43)37-11(2)46)60-35-22(41-15(6)50)20(39-13(4)48)29(31(64-35)33(57)58)62-36-23(42-16(7)51)26(54)28(18(9-44)59-36)61-34-21(40-14(5)49)19(38-12(3)47)25(53)30(63-34)32(55)56/h10,17-31,34-36,43-45,52-54H,8-9H2,1-7H3,(H,37,46)(H,38,47)(H,39,48)(H,40,49)(H,41,50)(H,42,51)(H,55,56)(H,57,58)/t10-,17+,18-,19-,20-,21+,22+,23-,24+,25+,26-,27-,28-,29+,30+,31+,34-,35-,36-/m1/s1. The molecule has 0 aromatic heterocycles. The lowest BCUT2D eigenvalue weighted by Gasteiger charge is -2.51. The summed E-state index contributed by atoms with van der Waals surface area (Å²) in [5, 5.41) is 99.2. The summed E-state index contributed by atoms with van der Waals surface area (Å²) in [4.78, 5) is 99.6. The molecule has 0 unspecified atom stereocenters. The highest BCUT2D eigenvalue weighted by Crippen LogP contribution is 2.34. The summed E-state index contributed by atoms with van der Waals surface area (Å²) in [5.74, 6) is -8.40. The van der Waals surface area contributed by atoms with E-state index in [1.165, 1.54) is 0 Å². The van der Waals surface area contributed by atoms with Crippen LogP contribution < -0.4 is 31.9 Å². The molecule has 6 amide bonds. The maximum atomic E-state index is 13.0. The summed E-state index contributed by atoms with van der Waals surface area (Å²) in [6.45, 7) is 5.29. The van der Waals surface area contributed by atoms with Crippen LogP contribution in [-0.2, 0) is 66.8 Å². The molecule has 0 saturated carbocycles. The molecule has 0 aliphatic carbocycles. The fourth-order valence-corrected chi connectivity index (χ4v) is 7.53. The molecule has 0 aromatic carbocycles. The van der Waals surface area contributed by atoms with Crippen molar-refractivity contribution in [2.24, 2.45) is 0 Å². The fraction of sp³-hybridized carbons (Fsp3) is 0.778. The minimum atomic E-state index is -2.26. The van der Waals surface area contributed by atoms with E-state index in [0.717, 1.165) is 48.5 Å². The second-order valence-electron chi connectivity index (χ2n) is 15.4. The lowest BCUT2D eigenvalue weighted by Crippen LogP contribution is -2.74. The van der Waals surface area contributed by atoms with E-state index >= 15 is 0 Å². The van der Waals surface area contributed by atoms with Gasteiger partial charge in [-0.25, -0.2) is 9.59 Å². The zero-order chi connectivity index (χ0) is 48.5. The number of aliphatic carboxylic acids is 2. The van der Waals surface area contributed by atoms with Gasteiger partial charge in [0.2, 0.25) is 35.4 Å². The first-order valence-corrected chi connectivity index (χ1v) is 19.8. The Hall–Kier alpha value is -4.72. The third-order valence-electron chi connectivity index (χ3n) is 10.1. The van der Waals surface area contributed by atoms with Crippen LogP contribution in [0.25, 0.3) is 0 Å². The van der Waals surface area contributed by atoms with Gasteiger partial charge < -0.3 is 101 Å². The summed E-state index contributed by atoms with van der Waals surface area (Å²) in [6, 6.07) is -9.90. The lowest BCUT2D eigenvalue weighted by molar-refractivity contribution is -0.342. The Balaban J connectivity index is 2.13. The molecule has 14 N–H and O–H groups in total. The number of amides is 6. The second kappa shape index (κ2) is 23.5. The van der Waals surface area contributed by atoms with E-state index in [9.17, 15) is 79.2 Å². The SMILES string of the molecule is CC(=O)N[C@@H]1[C@H](O[C@@H]([C@@H](O)[C@@H](C)O)[C@H](CO)NC(C)=O)O[C@H](C(=O)O)[C@@H](O[C@H]2O[C@H](CO)[C@@H](O[C@@H]3O[C@H](C(=O)O)[C@@H](O)[C@H](NC(C)=O)[C@@H]3NC(C)=O)[C@H](O)[C@H]2NC(C)=O)[C@@H]1NC(C)=O. The zero-order valence-electron chi connectivity index (χ0n) is 35.7. The molecule has 19 atom stereocenters. The van der Waals surface area contributed by atoms with Crippen molar-refractivity contribution >= 4 is 47.4 Å². The Morgan fingerprint density at radius 2 is 1.00 bits per heavy atom. The molecule has 3 aliphatic heterocycles. The van der Waals surface area contributed by atoms with E-state index in [4.69, 9.17) is 28.4 Å². The molecule has 28 nitrogen and oxygen atoms in total. The topological polar surface area (TPSA) is 426 Å². The average Bonchev–Trinajstić information content (AvgIpc) is 3.17. The molecule has 3 saturated heterocycles. The van der Waals surface area contributed by atoms with Crippen molar-refractivity contribution < 1.29 is 108 Å². The van der Waals surface area contributed by atoms with E-state index in [1.807, 2.05) is 0 Å². The summed E-state index contributed by atoms with van der Waals surface area (Å²) in [7, 11) is 0. The van der Waals surface area contributed by atoms with Crippen LogP contribution in [0, 0.1) is 0 Å². The molecule has 364 valence electrons. The van der Waals surface area contributed by atoms with Crippen molar-refractivity contribution in [3.8, 4) is 0 Å². The Morgan fingerprint density at radius 3 is 1.45 bits per heavy atom. The number of hydrogen-bond donors (Lipinski definition) is 14. The first-order chi connectivity index (χ1) is 29.8. The van der Waals surface area contributed by atoms with Gasteiger partial charge in [0, 0.05) is 41.5 Å². The third-order valence-corrected chi connectivity index (χ3v) is 10.1. The Bertz CT molecular complexity index is 1690. The molecular formula is C36H58N6O22. The lowest BCUT2D eigenvalue weighted by atomic mass is 9.91. The number of nitrogens with one attached hydrogen (secondary N) is 6. The van der Waals surface area contributed by atoms with E-state index < -0.39 is 177 Å². The summed E-state index contributed by atoms with van der Waals surface area (Å²) >= 11 is 0. The highest BCUT2D eigenvalue weighted by Gasteiger charge is 2.57. The van der Waals surface area contributed by atoms with E-state index in [0.29, 0.717) is 0 Å². The van der Waals surface area contributed by atoms with Crippen LogP contribution in [0.5, 0.6) is 0 Å². The highest BCUT2D eigenvalue weighted by molar-refractivity contribution is 5.78. The minimum absolute atomic E-state index is 0.727. The number of carbonyl (C=O) groups is 8. The molecule has 3 fully saturated rings. The monoisotopic (exact) mass is 926 g/mol. The quantitative estimate of drug-likeness (QED) is 0.0572. The molecule has 0 bridgehead atoms. The van der Waals surface area contributed by atoms with E-state index in [-0.39, 0.29) is 0 Å². The molecule has 0 radical (unpaired) electrons. The van der Waals surface area contributed by atoms with Gasteiger partial charge >= 0.3 is 11.9 Å². The number of aliphatic hydroxyl groups excluding tert-OH is 6. The molecule has 3 aliphatic rings. The van der Waals surface area contributed by atoms with Crippen LogP contribution in [0.4, 0.5) is 0 Å².